The number of rotatable bonds is 5. The van der Waals surface area contributed by atoms with Crippen LogP contribution in [0.4, 0.5) is 0 Å². The molecule has 124 valence electrons. The number of halogens is 1. The Morgan fingerprint density at radius 2 is 2.12 bits per heavy atom. The molecule has 0 spiro atoms. The SMILES string of the molecule is CC(c1ccco1)N(C)C(=O)c1cnn(Cc2ccccc2Cl)c1. The Labute approximate surface area is 145 Å². The summed E-state index contributed by atoms with van der Waals surface area (Å²) in [6.45, 7) is 2.44. The highest BCUT2D eigenvalue weighted by molar-refractivity contribution is 6.31. The van der Waals surface area contributed by atoms with Gasteiger partial charge in [-0.1, -0.05) is 29.8 Å². The van der Waals surface area contributed by atoms with E-state index in [0.717, 1.165) is 11.3 Å². The molecule has 0 saturated heterocycles. The summed E-state index contributed by atoms with van der Waals surface area (Å²) in [6, 6.07) is 11.1. The van der Waals surface area contributed by atoms with Crippen LogP contribution in [0.25, 0.3) is 0 Å². The highest BCUT2D eigenvalue weighted by atomic mass is 35.5. The summed E-state index contributed by atoms with van der Waals surface area (Å²) in [5.74, 6) is 0.638. The molecule has 2 heterocycles. The molecule has 5 nitrogen and oxygen atoms in total. The van der Waals surface area contributed by atoms with Gasteiger partial charge in [0.2, 0.25) is 0 Å². The van der Waals surface area contributed by atoms with Gasteiger partial charge in [0.1, 0.15) is 5.76 Å². The minimum atomic E-state index is -0.153. The zero-order valence-corrected chi connectivity index (χ0v) is 14.3. The van der Waals surface area contributed by atoms with Crippen molar-refractivity contribution < 1.29 is 9.21 Å². The van der Waals surface area contributed by atoms with Crippen LogP contribution in [0.1, 0.15) is 34.6 Å². The van der Waals surface area contributed by atoms with Crippen LogP contribution in [0.15, 0.2) is 59.5 Å². The minimum absolute atomic E-state index is 0.107. The van der Waals surface area contributed by atoms with E-state index in [1.54, 1.807) is 35.3 Å². The van der Waals surface area contributed by atoms with Gasteiger partial charge in [0, 0.05) is 18.3 Å². The van der Waals surface area contributed by atoms with Crippen molar-refractivity contribution in [1.29, 1.82) is 0 Å². The molecular formula is C18H18ClN3O2. The molecule has 24 heavy (non-hydrogen) atoms. The molecule has 0 aliphatic rings. The number of aromatic nitrogens is 2. The van der Waals surface area contributed by atoms with Crippen LogP contribution >= 0.6 is 11.6 Å². The molecule has 1 unspecified atom stereocenters. The maximum Gasteiger partial charge on any atom is 0.257 e. The number of hydrogen-bond acceptors (Lipinski definition) is 3. The second kappa shape index (κ2) is 6.93. The second-order valence-electron chi connectivity index (χ2n) is 5.63. The van der Waals surface area contributed by atoms with Gasteiger partial charge in [-0.15, -0.1) is 0 Å². The summed E-state index contributed by atoms with van der Waals surface area (Å²) in [5.41, 5.74) is 1.49. The summed E-state index contributed by atoms with van der Waals surface area (Å²) in [4.78, 5) is 14.3. The first-order valence-corrected chi connectivity index (χ1v) is 8.00. The third-order valence-electron chi connectivity index (χ3n) is 4.03. The smallest absolute Gasteiger partial charge is 0.257 e. The average molecular weight is 344 g/mol. The van der Waals surface area contributed by atoms with Gasteiger partial charge < -0.3 is 9.32 Å². The van der Waals surface area contributed by atoms with E-state index < -0.39 is 0 Å². The first-order chi connectivity index (χ1) is 11.6. The Hall–Kier alpha value is -2.53. The Morgan fingerprint density at radius 1 is 1.33 bits per heavy atom. The molecule has 0 aliphatic carbocycles. The molecule has 1 aromatic carbocycles. The van der Waals surface area contributed by atoms with E-state index in [1.807, 2.05) is 43.3 Å². The molecule has 0 bridgehead atoms. The third-order valence-corrected chi connectivity index (χ3v) is 4.40. The van der Waals surface area contributed by atoms with Crippen LogP contribution in [-0.4, -0.2) is 27.6 Å². The molecule has 6 heteroatoms. The van der Waals surface area contributed by atoms with Crippen molar-refractivity contribution in [2.45, 2.75) is 19.5 Å². The molecule has 3 rings (SSSR count). The van der Waals surface area contributed by atoms with Crippen LogP contribution in [0, 0.1) is 0 Å². The zero-order valence-electron chi connectivity index (χ0n) is 13.5. The molecule has 0 fully saturated rings. The van der Waals surface area contributed by atoms with E-state index in [1.165, 1.54) is 0 Å². The Balaban J connectivity index is 1.73. The largest absolute Gasteiger partial charge is 0.467 e. The van der Waals surface area contributed by atoms with Gasteiger partial charge in [0.05, 0.1) is 30.6 Å². The Morgan fingerprint density at radius 3 is 2.83 bits per heavy atom. The van der Waals surface area contributed by atoms with Crippen molar-refractivity contribution in [3.63, 3.8) is 0 Å². The van der Waals surface area contributed by atoms with E-state index in [2.05, 4.69) is 5.10 Å². The summed E-state index contributed by atoms with van der Waals surface area (Å²) in [5, 5.41) is 4.95. The molecule has 0 aliphatic heterocycles. The average Bonchev–Trinajstić information content (AvgIpc) is 3.26. The maximum atomic E-state index is 12.6. The molecule has 0 saturated carbocycles. The molecule has 3 aromatic rings. The molecule has 0 radical (unpaired) electrons. The molecule has 0 N–H and O–H groups in total. The lowest BCUT2D eigenvalue weighted by atomic mass is 10.2. The lowest BCUT2D eigenvalue weighted by molar-refractivity contribution is 0.0726. The Bertz CT molecular complexity index is 826. The normalized spacial score (nSPS) is 12.1. The van der Waals surface area contributed by atoms with E-state index in [0.29, 0.717) is 17.1 Å². The number of amides is 1. The van der Waals surface area contributed by atoms with Crippen molar-refractivity contribution >= 4 is 17.5 Å². The van der Waals surface area contributed by atoms with E-state index in [4.69, 9.17) is 16.0 Å². The van der Waals surface area contributed by atoms with E-state index in [-0.39, 0.29) is 11.9 Å². The van der Waals surface area contributed by atoms with Crippen LogP contribution in [0.5, 0.6) is 0 Å². The molecule has 1 amide bonds. The van der Waals surface area contributed by atoms with Crippen LogP contribution in [0.3, 0.4) is 0 Å². The maximum absolute atomic E-state index is 12.6. The number of carbonyl (C=O) groups excluding carboxylic acids is 1. The summed E-state index contributed by atoms with van der Waals surface area (Å²) < 4.78 is 7.08. The van der Waals surface area contributed by atoms with Gasteiger partial charge >= 0.3 is 0 Å². The first-order valence-electron chi connectivity index (χ1n) is 7.62. The van der Waals surface area contributed by atoms with Gasteiger partial charge in [0.25, 0.3) is 5.91 Å². The standard InChI is InChI=1S/C18H18ClN3O2/c1-13(17-8-5-9-24-17)21(2)18(23)15-10-20-22(12-15)11-14-6-3-4-7-16(14)19/h3-10,12-13H,11H2,1-2H3. The van der Waals surface area contributed by atoms with E-state index >= 15 is 0 Å². The predicted octanol–water partition coefficient (Wildman–Crippen LogP) is 4.01. The first kappa shape index (κ1) is 16.3. The highest BCUT2D eigenvalue weighted by Crippen LogP contribution is 2.21. The fourth-order valence-corrected chi connectivity index (χ4v) is 2.66. The second-order valence-corrected chi connectivity index (χ2v) is 6.03. The topological polar surface area (TPSA) is 51.3 Å². The predicted molar refractivity (Wildman–Crippen MR) is 92.0 cm³/mol. The quantitative estimate of drug-likeness (QED) is 0.703. The van der Waals surface area contributed by atoms with Crippen molar-refractivity contribution in [2.75, 3.05) is 7.05 Å². The van der Waals surface area contributed by atoms with Crippen molar-refractivity contribution in [1.82, 2.24) is 14.7 Å². The third kappa shape index (κ3) is 3.36. The number of benzene rings is 1. The van der Waals surface area contributed by atoms with Crippen molar-refractivity contribution in [3.05, 3.63) is 77.0 Å². The minimum Gasteiger partial charge on any atom is -0.467 e. The summed E-state index contributed by atoms with van der Waals surface area (Å²) in [7, 11) is 1.75. The monoisotopic (exact) mass is 343 g/mol. The van der Waals surface area contributed by atoms with Crippen molar-refractivity contribution in [3.8, 4) is 0 Å². The highest BCUT2D eigenvalue weighted by Gasteiger charge is 2.21. The van der Waals surface area contributed by atoms with Crippen LogP contribution < -0.4 is 0 Å². The van der Waals surface area contributed by atoms with Crippen LogP contribution in [0.2, 0.25) is 5.02 Å². The fraction of sp³-hybridized carbons (Fsp3) is 0.222. The zero-order chi connectivity index (χ0) is 17.1. The fourth-order valence-electron chi connectivity index (χ4n) is 2.46. The lowest BCUT2D eigenvalue weighted by Gasteiger charge is -2.22. The molecule has 2 aromatic heterocycles. The van der Waals surface area contributed by atoms with Gasteiger partial charge in [-0.2, -0.15) is 5.10 Å². The van der Waals surface area contributed by atoms with Gasteiger partial charge in [-0.05, 0) is 30.7 Å². The van der Waals surface area contributed by atoms with Gasteiger partial charge in [0.15, 0.2) is 0 Å². The number of nitrogens with zero attached hydrogens (tertiary/aromatic N) is 3. The number of carbonyl (C=O) groups is 1. The summed E-state index contributed by atoms with van der Waals surface area (Å²) >= 11 is 6.17. The van der Waals surface area contributed by atoms with Gasteiger partial charge in [-0.3, -0.25) is 9.48 Å². The summed E-state index contributed by atoms with van der Waals surface area (Å²) in [6.07, 6.45) is 4.91. The number of furan rings is 1. The molecular weight excluding hydrogens is 326 g/mol. The van der Waals surface area contributed by atoms with E-state index in [9.17, 15) is 4.79 Å². The van der Waals surface area contributed by atoms with Gasteiger partial charge in [-0.25, -0.2) is 0 Å². The van der Waals surface area contributed by atoms with Crippen LogP contribution in [-0.2, 0) is 6.54 Å². The Kier molecular flexibility index (Phi) is 4.71. The number of hydrogen-bond donors (Lipinski definition) is 0. The molecule has 1 atom stereocenters. The van der Waals surface area contributed by atoms with Crippen molar-refractivity contribution in [2.24, 2.45) is 0 Å². The lowest BCUT2D eigenvalue weighted by Crippen LogP contribution is -2.29.